The Morgan fingerprint density at radius 3 is 2.54 bits per heavy atom. The van der Waals surface area contributed by atoms with Crippen LogP contribution in [0.3, 0.4) is 0 Å². The lowest BCUT2D eigenvalue weighted by Crippen LogP contribution is -2.38. The average molecular weight is 429 g/mol. The molecule has 9 heteroatoms. The molecule has 0 heterocycles. The summed E-state index contributed by atoms with van der Waals surface area (Å²) in [6, 6.07) is 8.14. The van der Waals surface area contributed by atoms with Gasteiger partial charge in [0.05, 0.1) is 23.1 Å². The predicted molar refractivity (Wildman–Crippen MR) is 107 cm³/mol. The first-order valence-electron chi connectivity index (χ1n) is 8.67. The molecule has 2 aromatic rings. The lowest BCUT2D eigenvalue weighted by Gasteiger charge is -2.21. The molecule has 2 rings (SSSR count). The summed E-state index contributed by atoms with van der Waals surface area (Å²) < 4.78 is 45.5. The molecule has 0 saturated heterocycles. The topological polar surface area (TPSA) is 75.7 Å². The summed E-state index contributed by atoms with van der Waals surface area (Å²) in [5, 5.41) is 2.71. The van der Waals surface area contributed by atoms with Gasteiger partial charge in [-0.25, -0.2) is 12.8 Å². The van der Waals surface area contributed by atoms with Gasteiger partial charge in [-0.1, -0.05) is 24.6 Å². The van der Waals surface area contributed by atoms with E-state index in [1.165, 1.54) is 36.4 Å². The van der Waals surface area contributed by atoms with E-state index in [0.717, 1.165) is 4.31 Å². The van der Waals surface area contributed by atoms with Crippen molar-refractivity contribution in [3.8, 4) is 5.75 Å². The van der Waals surface area contributed by atoms with Crippen LogP contribution in [0.4, 0.5) is 10.1 Å². The number of aryl methyl sites for hydroxylation is 1. The maximum absolute atomic E-state index is 13.4. The fraction of sp³-hybridized carbons (Fsp3) is 0.316. The monoisotopic (exact) mass is 428 g/mol. The van der Waals surface area contributed by atoms with Crippen molar-refractivity contribution >= 4 is 33.2 Å². The van der Waals surface area contributed by atoms with Crippen LogP contribution in [-0.2, 0) is 14.8 Å². The van der Waals surface area contributed by atoms with E-state index in [1.54, 1.807) is 20.8 Å². The summed E-state index contributed by atoms with van der Waals surface area (Å²) in [5.74, 6) is -0.688. The molecule has 0 aliphatic carbocycles. The quantitative estimate of drug-likeness (QED) is 0.693. The molecule has 0 bridgehead atoms. The summed E-state index contributed by atoms with van der Waals surface area (Å²) in [6.45, 7) is 5.17. The number of rotatable bonds is 8. The largest absolute Gasteiger partial charge is 0.492 e. The van der Waals surface area contributed by atoms with Gasteiger partial charge >= 0.3 is 0 Å². The molecule has 0 saturated carbocycles. The first-order valence-corrected chi connectivity index (χ1v) is 10.5. The molecule has 0 radical (unpaired) electrons. The van der Waals surface area contributed by atoms with Crippen LogP contribution in [0, 0.1) is 12.7 Å². The van der Waals surface area contributed by atoms with Gasteiger partial charge in [-0.3, -0.25) is 4.79 Å². The number of nitrogens with zero attached hydrogens (tertiary/aromatic N) is 1. The molecule has 0 fully saturated rings. The van der Waals surface area contributed by atoms with Gasteiger partial charge in [0, 0.05) is 12.2 Å². The fourth-order valence-electron chi connectivity index (χ4n) is 2.51. The van der Waals surface area contributed by atoms with Crippen LogP contribution in [0.25, 0.3) is 0 Å². The van der Waals surface area contributed by atoms with Crippen molar-refractivity contribution in [2.45, 2.75) is 25.7 Å². The van der Waals surface area contributed by atoms with E-state index >= 15 is 0 Å². The number of anilines is 1. The minimum absolute atomic E-state index is 0.0439. The molecule has 6 nitrogen and oxygen atoms in total. The van der Waals surface area contributed by atoms with Crippen molar-refractivity contribution in [3.05, 3.63) is 52.8 Å². The van der Waals surface area contributed by atoms with Gasteiger partial charge in [0.1, 0.15) is 11.6 Å². The first kappa shape index (κ1) is 22.1. The molecule has 2 aromatic carbocycles. The van der Waals surface area contributed by atoms with Crippen LogP contribution in [0.15, 0.2) is 41.3 Å². The summed E-state index contributed by atoms with van der Waals surface area (Å²) in [4.78, 5) is 12.3. The van der Waals surface area contributed by atoms with E-state index in [9.17, 15) is 17.6 Å². The number of carbonyl (C=O) groups is 1. The number of sulfonamides is 1. The van der Waals surface area contributed by atoms with Crippen molar-refractivity contribution in [2.75, 3.05) is 25.0 Å². The summed E-state index contributed by atoms with van der Waals surface area (Å²) in [6.07, 6.45) is 0. The van der Waals surface area contributed by atoms with Gasteiger partial charge in [-0.05, 0) is 49.7 Å². The van der Waals surface area contributed by atoms with Gasteiger partial charge in [0.2, 0.25) is 15.9 Å². The molecule has 0 aliphatic rings. The number of nitrogens with one attached hydrogen (secondary N) is 1. The fourth-order valence-corrected chi connectivity index (χ4v) is 4.24. The van der Waals surface area contributed by atoms with Gasteiger partial charge < -0.3 is 10.1 Å². The van der Waals surface area contributed by atoms with Crippen LogP contribution in [-0.4, -0.2) is 38.3 Å². The van der Waals surface area contributed by atoms with E-state index < -0.39 is 28.3 Å². The molecule has 0 aromatic heterocycles. The number of halogens is 2. The Bertz CT molecular complexity index is 966. The Labute approximate surface area is 169 Å². The van der Waals surface area contributed by atoms with E-state index in [2.05, 4.69) is 5.32 Å². The van der Waals surface area contributed by atoms with Gasteiger partial charge in [-0.2, -0.15) is 4.31 Å². The summed E-state index contributed by atoms with van der Waals surface area (Å²) in [5.41, 5.74) is 0.960. The maximum Gasteiger partial charge on any atom is 0.243 e. The van der Waals surface area contributed by atoms with E-state index in [-0.39, 0.29) is 16.5 Å². The molecule has 0 atom stereocenters. The Balaban J connectivity index is 2.20. The minimum Gasteiger partial charge on any atom is -0.492 e. The SMILES string of the molecule is CCOc1ccc(S(=O)(=O)N(CC)CC(=O)Nc2cc(F)ccc2C)cc1Cl. The van der Waals surface area contributed by atoms with Gasteiger partial charge in [0.25, 0.3) is 0 Å². The lowest BCUT2D eigenvalue weighted by molar-refractivity contribution is -0.116. The van der Waals surface area contributed by atoms with Crippen molar-refractivity contribution in [3.63, 3.8) is 0 Å². The lowest BCUT2D eigenvalue weighted by atomic mass is 10.2. The molecule has 28 heavy (non-hydrogen) atoms. The van der Waals surface area contributed by atoms with Crippen LogP contribution < -0.4 is 10.1 Å². The van der Waals surface area contributed by atoms with E-state index in [0.29, 0.717) is 23.6 Å². The third-order valence-electron chi connectivity index (χ3n) is 3.99. The zero-order valence-electron chi connectivity index (χ0n) is 15.8. The van der Waals surface area contributed by atoms with E-state index in [1.807, 2.05) is 0 Å². The second-order valence-electron chi connectivity index (χ2n) is 5.96. The Kier molecular flexibility index (Phi) is 7.40. The second-order valence-corrected chi connectivity index (χ2v) is 8.31. The smallest absolute Gasteiger partial charge is 0.243 e. The second kappa shape index (κ2) is 9.36. The molecule has 0 aliphatic heterocycles. The molecule has 0 unspecified atom stereocenters. The highest BCUT2D eigenvalue weighted by atomic mass is 35.5. The molecule has 1 amide bonds. The maximum atomic E-state index is 13.4. The Hall–Kier alpha value is -2.16. The number of amides is 1. The summed E-state index contributed by atoms with van der Waals surface area (Å²) >= 11 is 6.08. The molecular weight excluding hydrogens is 407 g/mol. The average Bonchev–Trinajstić information content (AvgIpc) is 2.64. The van der Waals surface area contributed by atoms with E-state index in [4.69, 9.17) is 16.3 Å². The van der Waals surface area contributed by atoms with Gasteiger partial charge in [-0.15, -0.1) is 0 Å². The number of ether oxygens (including phenoxy) is 1. The minimum atomic E-state index is -3.95. The third kappa shape index (κ3) is 5.21. The van der Waals surface area contributed by atoms with Crippen LogP contribution in [0.1, 0.15) is 19.4 Å². The van der Waals surface area contributed by atoms with Crippen LogP contribution >= 0.6 is 11.6 Å². The van der Waals surface area contributed by atoms with Crippen molar-refractivity contribution in [1.29, 1.82) is 0 Å². The third-order valence-corrected chi connectivity index (χ3v) is 6.20. The van der Waals surface area contributed by atoms with Crippen LogP contribution in [0.5, 0.6) is 5.75 Å². The summed E-state index contributed by atoms with van der Waals surface area (Å²) in [7, 11) is -3.95. The Morgan fingerprint density at radius 2 is 1.93 bits per heavy atom. The molecule has 0 spiro atoms. The number of hydrogen-bond donors (Lipinski definition) is 1. The van der Waals surface area contributed by atoms with Crippen LogP contribution in [0.2, 0.25) is 5.02 Å². The standard InChI is InChI=1S/C19H22ClFN2O4S/c1-4-23(12-19(24)22-17-10-14(21)7-6-13(17)3)28(25,26)15-8-9-18(27-5-2)16(20)11-15/h6-11H,4-5,12H2,1-3H3,(H,22,24). The molecular formula is C19H22ClFN2O4S. The first-order chi connectivity index (χ1) is 13.2. The van der Waals surface area contributed by atoms with Gasteiger partial charge in [0.15, 0.2) is 0 Å². The molecule has 1 N–H and O–H groups in total. The zero-order valence-corrected chi connectivity index (χ0v) is 17.4. The predicted octanol–water partition coefficient (Wildman–Crippen LogP) is 3.84. The normalized spacial score (nSPS) is 11.5. The number of benzene rings is 2. The highest BCUT2D eigenvalue weighted by Crippen LogP contribution is 2.28. The number of hydrogen-bond acceptors (Lipinski definition) is 4. The number of carbonyl (C=O) groups excluding carboxylic acids is 1. The van der Waals surface area contributed by atoms with Crippen molar-refractivity contribution < 1.29 is 22.3 Å². The number of likely N-dealkylation sites (N-methyl/N-ethyl adjacent to an activating group) is 1. The van der Waals surface area contributed by atoms with Crippen molar-refractivity contribution in [2.24, 2.45) is 0 Å². The zero-order chi connectivity index (χ0) is 20.9. The Morgan fingerprint density at radius 1 is 1.21 bits per heavy atom. The molecule has 152 valence electrons. The highest BCUT2D eigenvalue weighted by molar-refractivity contribution is 7.89. The van der Waals surface area contributed by atoms with Crippen molar-refractivity contribution in [1.82, 2.24) is 4.31 Å². The highest BCUT2D eigenvalue weighted by Gasteiger charge is 2.26.